The summed E-state index contributed by atoms with van der Waals surface area (Å²) in [5.41, 5.74) is 2.08. The van der Waals surface area contributed by atoms with Crippen molar-refractivity contribution in [3.8, 4) is 0 Å². The highest BCUT2D eigenvalue weighted by Crippen LogP contribution is 2.04. The highest BCUT2D eigenvalue weighted by atomic mass is 16.5. The van der Waals surface area contributed by atoms with Crippen LogP contribution >= 0.6 is 0 Å². The van der Waals surface area contributed by atoms with Crippen LogP contribution in [0, 0.1) is 6.92 Å². The Labute approximate surface area is 101 Å². The Hall–Kier alpha value is -1.62. The highest BCUT2D eigenvalue weighted by Gasteiger charge is 2.06. The summed E-state index contributed by atoms with van der Waals surface area (Å²) in [5.74, 6) is 0. The van der Waals surface area contributed by atoms with E-state index in [1.807, 2.05) is 23.9 Å². The van der Waals surface area contributed by atoms with Crippen LogP contribution in [0.4, 0.5) is 0 Å². The fraction of sp³-hybridized carbons (Fsp3) is 0.500. The molecule has 2 heterocycles. The number of rotatable bonds is 6. The summed E-state index contributed by atoms with van der Waals surface area (Å²) in [5, 5.41) is 11.5. The Morgan fingerprint density at radius 2 is 2.41 bits per heavy atom. The zero-order valence-electron chi connectivity index (χ0n) is 10.3. The van der Waals surface area contributed by atoms with Gasteiger partial charge in [0.05, 0.1) is 0 Å². The second kappa shape index (κ2) is 5.63. The van der Waals surface area contributed by atoms with Crippen molar-refractivity contribution < 1.29 is 4.52 Å². The van der Waals surface area contributed by atoms with E-state index in [-0.39, 0.29) is 0 Å². The maximum atomic E-state index is 4.89. The van der Waals surface area contributed by atoms with Crippen LogP contribution in [0.1, 0.15) is 24.6 Å². The zero-order valence-corrected chi connectivity index (χ0v) is 10.3. The van der Waals surface area contributed by atoms with Crippen LogP contribution in [-0.2, 0) is 13.1 Å². The van der Waals surface area contributed by atoms with E-state index in [2.05, 4.69) is 22.5 Å². The summed E-state index contributed by atoms with van der Waals surface area (Å²) in [4.78, 5) is 0. The van der Waals surface area contributed by atoms with E-state index in [1.54, 1.807) is 12.5 Å². The molecule has 5 nitrogen and oxygen atoms in total. The zero-order chi connectivity index (χ0) is 12.1. The lowest BCUT2D eigenvalue weighted by atomic mass is 10.2. The van der Waals surface area contributed by atoms with E-state index < -0.39 is 0 Å². The van der Waals surface area contributed by atoms with Crippen molar-refractivity contribution in [3.63, 3.8) is 0 Å². The molecule has 5 heteroatoms. The molecule has 0 saturated carbocycles. The fourth-order valence-corrected chi connectivity index (χ4v) is 1.61. The molecule has 0 saturated heterocycles. The predicted molar refractivity (Wildman–Crippen MR) is 64.4 cm³/mol. The molecule has 0 aliphatic carbocycles. The van der Waals surface area contributed by atoms with Gasteiger partial charge < -0.3 is 9.84 Å². The van der Waals surface area contributed by atoms with Crippen molar-refractivity contribution in [1.29, 1.82) is 0 Å². The highest BCUT2D eigenvalue weighted by molar-refractivity contribution is 5.11. The molecule has 0 aromatic carbocycles. The first kappa shape index (κ1) is 11.9. The van der Waals surface area contributed by atoms with Gasteiger partial charge in [0.1, 0.15) is 12.0 Å². The SMILES string of the molecule is Cc1conc1CNC(C)CCn1cccn1. The Kier molecular flexibility index (Phi) is 3.93. The van der Waals surface area contributed by atoms with Crippen LogP contribution in [0.15, 0.2) is 29.2 Å². The van der Waals surface area contributed by atoms with Crippen LogP contribution < -0.4 is 5.32 Å². The van der Waals surface area contributed by atoms with Crippen molar-refractivity contribution >= 4 is 0 Å². The van der Waals surface area contributed by atoms with E-state index in [1.165, 1.54) is 0 Å². The van der Waals surface area contributed by atoms with Gasteiger partial charge in [0, 0.05) is 37.1 Å². The van der Waals surface area contributed by atoms with Gasteiger partial charge in [0.2, 0.25) is 0 Å². The first-order chi connectivity index (χ1) is 8.25. The molecule has 1 N–H and O–H groups in total. The molecule has 0 aliphatic heterocycles. The minimum atomic E-state index is 0.426. The number of nitrogens with zero attached hydrogens (tertiary/aromatic N) is 3. The molecule has 1 atom stereocenters. The van der Waals surface area contributed by atoms with Crippen molar-refractivity contribution in [2.45, 2.75) is 39.4 Å². The van der Waals surface area contributed by atoms with Gasteiger partial charge in [-0.05, 0) is 26.3 Å². The Morgan fingerprint density at radius 3 is 3.06 bits per heavy atom. The molecule has 0 radical (unpaired) electrons. The minimum Gasteiger partial charge on any atom is -0.364 e. The summed E-state index contributed by atoms with van der Waals surface area (Å²) < 4.78 is 6.84. The lowest BCUT2D eigenvalue weighted by molar-refractivity contribution is 0.400. The van der Waals surface area contributed by atoms with Crippen molar-refractivity contribution in [3.05, 3.63) is 36.0 Å². The smallest absolute Gasteiger partial charge is 0.127 e. The van der Waals surface area contributed by atoms with Crippen LogP contribution in [0.5, 0.6) is 0 Å². The van der Waals surface area contributed by atoms with E-state index >= 15 is 0 Å². The van der Waals surface area contributed by atoms with Crippen LogP contribution in [-0.4, -0.2) is 21.0 Å². The third kappa shape index (κ3) is 3.42. The van der Waals surface area contributed by atoms with Crippen molar-refractivity contribution in [2.75, 3.05) is 0 Å². The van der Waals surface area contributed by atoms with Gasteiger partial charge >= 0.3 is 0 Å². The molecule has 0 bridgehead atoms. The molecule has 2 rings (SSSR count). The molecule has 0 amide bonds. The average Bonchev–Trinajstić information content (AvgIpc) is 2.95. The second-order valence-corrected chi connectivity index (χ2v) is 4.28. The topological polar surface area (TPSA) is 55.9 Å². The van der Waals surface area contributed by atoms with Gasteiger partial charge in [0.25, 0.3) is 0 Å². The molecule has 92 valence electrons. The van der Waals surface area contributed by atoms with Gasteiger partial charge in [-0.1, -0.05) is 5.16 Å². The van der Waals surface area contributed by atoms with Crippen molar-refractivity contribution in [2.24, 2.45) is 0 Å². The minimum absolute atomic E-state index is 0.426. The molecular formula is C12H18N4O. The average molecular weight is 234 g/mol. The number of hydrogen-bond donors (Lipinski definition) is 1. The molecule has 17 heavy (non-hydrogen) atoms. The monoisotopic (exact) mass is 234 g/mol. The molecule has 0 fully saturated rings. The van der Waals surface area contributed by atoms with E-state index in [9.17, 15) is 0 Å². The van der Waals surface area contributed by atoms with Gasteiger partial charge in [-0.15, -0.1) is 0 Å². The Morgan fingerprint density at radius 1 is 1.53 bits per heavy atom. The normalized spacial score (nSPS) is 12.8. The second-order valence-electron chi connectivity index (χ2n) is 4.28. The van der Waals surface area contributed by atoms with Gasteiger partial charge in [-0.25, -0.2) is 0 Å². The number of nitrogens with one attached hydrogen (secondary N) is 1. The fourth-order valence-electron chi connectivity index (χ4n) is 1.61. The predicted octanol–water partition coefficient (Wildman–Crippen LogP) is 1.75. The number of hydrogen-bond acceptors (Lipinski definition) is 4. The van der Waals surface area contributed by atoms with E-state index in [0.717, 1.165) is 30.8 Å². The molecule has 2 aromatic rings. The summed E-state index contributed by atoms with van der Waals surface area (Å²) in [6, 6.07) is 2.37. The first-order valence-corrected chi connectivity index (χ1v) is 5.86. The maximum absolute atomic E-state index is 4.89. The summed E-state index contributed by atoms with van der Waals surface area (Å²) in [7, 11) is 0. The molecule has 1 unspecified atom stereocenters. The van der Waals surface area contributed by atoms with Gasteiger partial charge in [-0.3, -0.25) is 4.68 Å². The van der Waals surface area contributed by atoms with E-state index in [4.69, 9.17) is 4.52 Å². The lowest BCUT2D eigenvalue weighted by Gasteiger charge is -2.12. The van der Waals surface area contributed by atoms with Crippen LogP contribution in [0.25, 0.3) is 0 Å². The Bertz CT molecular complexity index is 435. The quantitative estimate of drug-likeness (QED) is 0.827. The van der Waals surface area contributed by atoms with Gasteiger partial charge in [-0.2, -0.15) is 5.10 Å². The lowest BCUT2D eigenvalue weighted by Crippen LogP contribution is -2.27. The van der Waals surface area contributed by atoms with E-state index in [0.29, 0.717) is 6.04 Å². The summed E-state index contributed by atoms with van der Waals surface area (Å²) in [6.07, 6.45) is 6.50. The summed E-state index contributed by atoms with van der Waals surface area (Å²) in [6.45, 7) is 5.85. The van der Waals surface area contributed by atoms with Crippen LogP contribution in [0.3, 0.4) is 0 Å². The Balaban J connectivity index is 1.71. The number of aryl methyl sites for hydroxylation is 2. The standard InChI is InChI=1S/C12H18N4O/c1-10-9-17-15-12(10)8-13-11(2)4-7-16-6-3-5-14-16/h3,5-6,9,11,13H,4,7-8H2,1-2H3. The third-order valence-corrected chi connectivity index (χ3v) is 2.82. The maximum Gasteiger partial charge on any atom is 0.127 e. The number of aromatic nitrogens is 3. The first-order valence-electron chi connectivity index (χ1n) is 5.86. The molecular weight excluding hydrogens is 216 g/mol. The third-order valence-electron chi connectivity index (χ3n) is 2.82. The molecule has 0 aliphatic rings. The van der Waals surface area contributed by atoms with Gasteiger partial charge in [0.15, 0.2) is 0 Å². The summed E-state index contributed by atoms with van der Waals surface area (Å²) >= 11 is 0. The largest absolute Gasteiger partial charge is 0.364 e. The van der Waals surface area contributed by atoms with Crippen molar-refractivity contribution in [1.82, 2.24) is 20.3 Å². The molecule has 2 aromatic heterocycles. The molecule has 0 spiro atoms. The van der Waals surface area contributed by atoms with Crippen LogP contribution in [0.2, 0.25) is 0 Å².